The van der Waals surface area contributed by atoms with Gasteiger partial charge in [-0.1, -0.05) is 12.1 Å². The van der Waals surface area contributed by atoms with E-state index < -0.39 is 0 Å². The van der Waals surface area contributed by atoms with Crippen LogP contribution in [-0.2, 0) is 14.3 Å². The van der Waals surface area contributed by atoms with Crippen molar-refractivity contribution in [2.45, 2.75) is 23.0 Å². The van der Waals surface area contributed by atoms with Crippen molar-refractivity contribution in [3.63, 3.8) is 0 Å². The number of nitrogens with one attached hydrogen (secondary N) is 2. The van der Waals surface area contributed by atoms with Crippen LogP contribution in [0, 0.1) is 0 Å². The molecular formula is C17H23N3O3S. The minimum absolute atomic E-state index is 0.0657. The molecular weight excluding hydrogens is 326 g/mol. The number of ether oxygens (including phenoxy) is 1. The highest BCUT2D eigenvalue weighted by Gasteiger charge is 2.28. The summed E-state index contributed by atoms with van der Waals surface area (Å²) in [5.41, 5.74) is 0.828. The molecule has 2 amide bonds. The number of hydrogen-bond acceptors (Lipinski definition) is 5. The Morgan fingerprint density at radius 3 is 2.96 bits per heavy atom. The van der Waals surface area contributed by atoms with Crippen LogP contribution in [0.15, 0.2) is 29.2 Å². The van der Waals surface area contributed by atoms with Crippen LogP contribution < -0.4 is 10.6 Å². The number of fused-ring (bicyclic) bond motifs is 1. The minimum Gasteiger partial charge on any atom is -0.379 e. The van der Waals surface area contributed by atoms with E-state index in [1.54, 1.807) is 0 Å². The van der Waals surface area contributed by atoms with E-state index in [0.29, 0.717) is 6.54 Å². The number of carbonyl (C=O) groups is 2. The van der Waals surface area contributed by atoms with Crippen molar-refractivity contribution in [1.29, 1.82) is 0 Å². The highest BCUT2D eigenvalue weighted by molar-refractivity contribution is 8.01. The Hall–Kier alpha value is -1.57. The van der Waals surface area contributed by atoms with Gasteiger partial charge in [-0.2, -0.15) is 0 Å². The van der Waals surface area contributed by atoms with Gasteiger partial charge in [0.2, 0.25) is 11.8 Å². The van der Waals surface area contributed by atoms with Crippen LogP contribution in [0.25, 0.3) is 0 Å². The quantitative estimate of drug-likeness (QED) is 0.758. The van der Waals surface area contributed by atoms with E-state index in [9.17, 15) is 9.59 Å². The second-order valence-corrected chi connectivity index (χ2v) is 7.20. The maximum absolute atomic E-state index is 12.1. The summed E-state index contributed by atoms with van der Waals surface area (Å²) in [5, 5.41) is 5.43. The molecule has 2 aliphatic rings. The fourth-order valence-corrected chi connectivity index (χ4v) is 3.93. The number of anilines is 1. The van der Waals surface area contributed by atoms with Gasteiger partial charge in [-0.05, 0) is 25.1 Å². The predicted molar refractivity (Wildman–Crippen MR) is 94.2 cm³/mol. The van der Waals surface area contributed by atoms with Gasteiger partial charge in [0.1, 0.15) is 0 Å². The first-order valence-electron chi connectivity index (χ1n) is 8.36. The smallest absolute Gasteiger partial charge is 0.238 e. The zero-order valence-corrected chi connectivity index (χ0v) is 14.4. The molecule has 1 aromatic carbocycles. The molecule has 24 heavy (non-hydrogen) atoms. The fourth-order valence-electron chi connectivity index (χ4n) is 2.82. The van der Waals surface area contributed by atoms with Crippen LogP contribution in [0.5, 0.6) is 0 Å². The van der Waals surface area contributed by atoms with Crippen LogP contribution in [0.2, 0.25) is 0 Å². The average molecular weight is 349 g/mol. The predicted octanol–water partition coefficient (Wildman–Crippen LogP) is 1.33. The molecule has 1 atom stereocenters. The van der Waals surface area contributed by atoms with Gasteiger partial charge in [-0.3, -0.25) is 14.5 Å². The van der Waals surface area contributed by atoms with E-state index in [1.165, 1.54) is 11.8 Å². The maximum atomic E-state index is 12.1. The monoisotopic (exact) mass is 349 g/mol. The first kappa shape index (κ1) is 17.3. The summed E-state index contributed by atoms with van der Waals surface area (Å²) in [5.74, 6) is -0.161. The summed E-state index contributed by atoms with van der Waals surface area (Å²) >= 11 is 1.46. The maximum Gasteiger partial charge on any atom is 0.238 e. The van der Waals surface area contributed by atoms with Crippen molar-refractivity contribution in [3.05, 3.63) is 24.3 Å². The SMILES string of the molecule is O=C(CC1Sc2ccccc2NC1=O)NCCCN1CCOCC1. The third-order valence-electron chi connectivity index (χ3n) is 4.15. The molecule has 1 fully saturated rings. The Balaban J connectivity index is 1.38. The van der Waals surface area contributed by atoms with Gasteiger partial charge >= 0.3 is 0 Å². The van der Waals surface area contributed by atoms with Crippen LogP contribution >= 0.6 is 11.8 Å². The van der Waals surface area contributed by atoms with Crippen molar-refractivity contribution in [1.82, 2.24) is 10.2 Å². The van der Waals surface area contributed by atoms with E-state index in [2.05, 4.69) is 15.5 Å². The largest absolute Gasteiger partial charge is 0.379 e. The number of hydrogen-bond donors (Lipinski definition) is 2. The third kappa shape index (κ3) is 4.72. The number of para-hydroxylation sites is 1. The van der Waals surface area contributed by atoms with Crippen LogP contribution in [0.1, 0.15) is 12.8 Å². The number of amides is 2. The van der Waals surface area contributed by atoms with Crippen LogP contribution in [0.3, 0.4) is 0 Å². The lowest BCUT2D eigenvalue weighted by molar-refractivity contribution is -0.124. The standard InChI is InChI=1S/C17H23N3O3S/c21-16(18-6-3-7-20-8-10-23-11-9-20)12-15-17(22)19-13-4-1-2-5-14(13)24-15/h1-2,4-5,15H,3,6-12H2,(H,18,21)(H,19,22). The molecule has 2 heterocycles. The number of carbonyl (C=O) groups excluding carboxylic acids is 2. The summed E-state index contributed by atoms with van der Waals surface area (Å²) in [7, 11) is 0. The molecule has 0 spiro atoms. The molecule has 0 bridgehead atoms. The Morgan fingerprint density at radius 1 is 1.33 bits per heavy atom. The molecule has 1 aromatic rings. The highest BCUT2D eigenvalue weighted by Crippen LogP contribution is 2.36. The number of nitrogens with zero attached hydrogens (tertiary/aromatic N) is 1. The lowest BCUT2D eigenvalue weighted by Gasteiger charge is -2.26. The van der Waals surface area contributed by atoms with E-state index >= 15 is 0 Å². The van der Waals surface area contributed by atoms with Gasteiger partial charge in [0.05, 0.1) is 24.2 Å². The zero-order valence-electron chi connectivity index (χ0n) is 13.6. The molecule has 2 aliphatic heterocycles. The summed E-state index contributed by atoms with van der Waals surface area (Å²) in [6, 6.07) is 7.67. The van der Waals surface area contributed by atoms with Crippen molar-refractivity contribution in [3.8, 4) is 0 Å². The molecule has 1 unspecified atom stereocenters. The molecule has 2 N–H and O–H groups in total. The lowest BCUT2D eigenvalue weighted by atomic mass is 10.2. The van der Waals surface area contributed by atoms with Gasteiger partial charge < -0.3 is 15.4 Å². The van der Waals surface area contributed by atoms with Crippen LogP contribution in [-0.4, -0.2) is 61.4 Å². The molecule has 0 saturated carbocycles. The van der Waals surface area contributed by atoms with Crippen molar-refractivity contribution < 1.29 is 14.3 Å². The van der Waals surface area contributed by atoms with Gasteiger partial charge in [-0.15, -0.1) is 11.8 Å². The molecule has 6 nitrogen and oxygen atoms in total. The fraction of sp³-hybridized carbons (Fsp3) is 0.529. The summed E-state index contributed by atoms with van der Waals surface area (Å²) in [4.78, 5) is 27.5. The molecule has 3 rings (SSSR count). The first-order valence-corrected chi connectivity index (χ1v) is 9.24. The zero-order chi connectivity index (χ0) is 16.8. The Morgan fingerprint density at radius 2 is 2.12 bits per heavy atom. The first-order chi connectivity index (χ1) is 11.7. The Bertz CT molecular complexity index is 590. The Labute approximate surface area is 146 Å². The molecule has 7 heteroatoms. The average Bonchev–Trinajstić information content (AvgIpc) is 2.60. The van der Waals surface area contributed by atoms with Crippen molar-refractivity contribution >= 4 is 29.3 Å². The van der Waals surface area contributed by atoms with Gasteiger partial charge in [0, 0.05) is 31.0 Å². The molecule has 0 aromatic heterocycles. The van der Waals surface area contributed by atoms with E-state index in [0.717, 1.165) is 49.9 Å². The number of thioether (sulfide) groups is 1. The van der Waals surface area contributed by atoms with Crippen molar-refractivity contribution in [2.75, 3.05) is 44.7 Å². The van der Waals surface area contributed by atoms with Gasteiger partial charge in [-0.25, -0.2) is 0 Å². The normalized spacial score (nSPS) is 21.0. The van der Waals surface area contributed by atoms with E-state index in [1.807, 2.05) is 24.3 Å². The highest BCUT2D eigenvalue weighted by atomic mass is 32.2. The third-order valence-corrected chi connectivity index (χ3v) is 5.43. The minimum atomic E-state index is -0.362. The summed E-state index contributed by atoms with van der Waals surface area (Å²) in [6.07, 6.45) is 1.13. The molecule has 130 valence electrons. The lowest BCUT2D eigenvalue weighted by Crippen LogP contribution is -2.39. The van der Waals surface area contributed by atoms with Gasteiger partial charge in [0.25, 0.3) is 0 Å². The van der Waals surface area contributed by atoms with Crippen molar-refractivity contribution in [2.24, 2.45) is 0 Å². The van der Waals surface area contributed by atoms with Crippen LogP contribution in [0.4, 0.5) is 5.69 Å². The number of benzene rings is 1. The molecule has 1 saturated heterocycles. The number of rotatable bonds is 6. The van der Waals surface area contributed by atoms with E-state index in [-0.39, 0.29) is 23.5 Å². The number of morpholine rings is 1. The summed E-state index contributed by atoms with van der Waals surface area (Å²) in [6.45, 7) is 5.13. The molecule has 0 aliphatic carbocycles. The van der Waals surface area contributed by atoms with E-state index in [4.69, 9.17) is 4.74 Å². The summed E-state index contributed by atoms with van der Waals surface area (Å²) < 4.78 is 5.31. The second-order valence-electron chi connectivity index (χ2n) is 5.95. The Kier molecular flexibility index (Phi) is 6.12. The molecule has 0 radical (unpaired) electrons. The van der Waals surface area contributed by atoms with Gasteiger partial charge in [0.15, 0.2) is 0 Å². The second kappa shape index (κ2) is 8.50. The topological polar surface area (TPSA) is 70.7 Å².